The molecule has 2 saturated carbocycles. The van der Waals surface area contributed by atoms with E-state index in [1.807, 2.05) is 12.1 Å². The summed E-state index contributed by atoms with van der Waals surface area (Å²) in [6, 6.07) is 7.24. The summed E-state index contributed by atoms with van der Waals surface area (Å²) >= 11 is 0. The molecule has 2 aliphatic rings. The number of hydrogen-bond acceptors (Lipinski definition) is 0. The number of halogens is 1. The van der Waals surface area contributed by atoms with Crippen LogP contribution >= 0.6 is 0 Å². The van der Waals surface area contributed by atoms with E-state index in [-0.39, 0.29) is 5.82 Å². The summed E-state index contributed by atoms with van der Waals surface area (Å²) in [5.41, 5.74) is 1.35. The number of rotatable bonds is 8. The largest absolute Gasteiger partial charge is 0.207 e. The lowest BCUT2D eigenvalue weighted by molar-refractivity contribution is 0.223. The maximum atomic E-state index is 13.1. The van der Waals surface area contributed by atoms with Gasteiger partial charge in [0.15, 0.2) is 0 Å². The molecular weight excluding hydrogens is 331 g/mol. The van der Waals surface area contributed by atoms with E-state index in [1.165, 1.54) is 89.0 Å². The third-order valence-corrected chi connectivity index (χ3v) is 7.36. The van der Waals surface area contributed by atoms with Crippen LogP contribution in [0, 0.1) is 23.6 Å². The second-order valence-electron chi connectivity index (χ2n) is 9.23. The zero-order valence-electron chi connectivity index (χ0n) is 17.3. The average Bonchev–Trinajstić information content (AvgIpc) is 2.72. The molecule has 1 heteroatoms. The van der Waals surface area contributed by atoms with Gasteiger partial charge >= 0.3 is 0 Å². The summed E-state index contributed by atoms with van der Waals surface area (Å²) in [7, 11) is 0. The molecule has 0 heterocycles. The van der Waals surface area contributed by atoms with Gasteiger partial charge in [-0.1, -0.05) is 69.2 Å². The zero-order valence-corrected chi connectivity index (χ0v) is 17.3. The first-order chi connectivity index (χ1) is 13.2. The van der Waals surface area contributed by atoms with Crippen molar-refractivity contribution in [1.82, 2.24) is 0 Å². The third-order valence-electron chi connectivity index (χ3n) is 7.36. The molecule has 2 aliphatic carbocycles. The molecule has 2 fully saturated rings. The van der Waals surface area contributed by atoms with Crippen molar-refractivity contribution in [2.24, 2.45) is 17.8 Å². The molecule has 0 N–H and O–H groups in total. The van der Waals surface area contributed by atoms with Gasteiger partial charge in [0.2, 0.25) is 0 Å². The first kappa shape index (κ1) is 20.6. The van der Waals surface area contributed by atoms with Crippen LogP contribution in [0.3, 0.4) is 0 Å². The Morgan fingerprint density at radius 2 is 1.30 bits per heavy atom. The van der Waals surface area contributed by atoms with E-state index in [0.717, 1.165) is 17.8 Å². The monoisotopic (exact) mass is 370 g/mol. The highest BCUT2D eigenvalue weighted by Crippen LogP contribution is 2.40. The van der Waals surface area contributed by atoms with Crippen molar-refractivity contribution in [3.05, 3.63) is 47.8 Å². The van der Waals surface area contributed by atoms with Crippen LogP contribution in [0.4, 0.5) is 4.39 Å². The van der Waals surface area contributed by atoms with E-state index >= 15 is 0 Å². The van der Waals surface area contributed by atoms with E-state index < -0.39 is 0 Å². The SMILES string of the molecule is C/C=C\CCC[C@H]1CC[C@H](CCC2CCC(c3ccc(F)cc3)CC2)CC1. The molecule has 0 bridgehead atoms. The molecule has 0 atom stereocenters. The van der Waals surface area contributed by atoms with Crippen molar-refractivity contribution in [3.8, 4) is 0 Å². The minimum absolute atomic E-state index is 0.111. The highest BCUT2D eigenvalue weighted by atomic mass is 19.1. The second kappa shape index (κ2) is 11.0. The lowest BCUT2D eigenvalue weighted by Crippen LogP contribution is -2.17. The van der Waals surface area contributed by atoms with Crippen LogP contribution in [0.2, 0.25) is 0 Å². The van der Waals surface area contributed by atoms with Gasteiger partial charge in [0.1, 0.15) is 5.82 Å². The standard InChI is InChI=1S/C26H39F/c1-2-3-4-5-6-21-7-9-22(10-8-21)11-12-23-13-15-24(16-14-23)25-17-19-26(27)20-18-25/h2-3,17-24H,4-16H2,1H3/b3-2-/t21-,22-,23?,24?. The predicted molar refractivity (Wildman–Crippen MR) is 114 cm³/mol. The number of allylic oxidation sites excluding steroid dienone is 2. The van der Waals surface area contributed by atoms with Crippen molar-refractivity contribution in [3.63, 3.8) is 0 Å². The van der Waals surface area contributed by atoms with E-state index in [0.29, 0.717) is 5.92 Å². The van der Waals surface area contributed by atoms with Gasteiger partial charge in [0, 0.05) is 0 Å². The summed E-state index contributed by atoms with van der Waals surface area (Å²) in [6.45, 7) is 2.13. The van der Waals surface area contributed by atoms with Crippen LogP contribution in [0.25, 0.3) is 0 Å². The maximum absolute atomic E-state index is 13.1. The van der Waals surface area contributed by atoms with Gasteiger partial charge in [-0.25, -0.2) is 4.39 Å². The Kier molecular flexibility index (Phi) is 8.42. The Morgan fingerprint density at radius 1 is 0.778 bits per heavy atom. The fourth-order valence-electron chi connectivity index (χ4n) is 5.49. The van der Waals surface area contributed by atoms with Gasteiger partial charge in [0.05, 0.1) is 0 Å². The molecule has 0 amide bonds. The van der Waals surface area contributed by atoms with Crippen molar-refractivity contribution < 1.29 is 4.39 Å². The van der Waals surface area contributed by atoms with Gasteiger partial charge < -0.3 is 0 Å². The van der Waals surface area contributed by atoms with E-state index in [4.69, 9.17) is 0 Å². The van der Waals surface area contributed by atoms with Crippen LogP contribution < -0.4 is 0 Å². The fraction of sp³-hybridized carbons (Fsp3) is 0.692. The Balaban J connectivity index is 1.29. The Labute approximate surface area is 166 Å². The van der Waals surface area contributed by atoms with Crippen molar-refractivity contribution in [1.29, 1.82) is 0 Å². The highest BCUT2D eigenvalue weighted by molar-refractivity contribution is 5.20. The smallest absolute Gasteiger partial charge is 0.123 e. The zero-order chi connectivity index (χ0) is 18.9. The summed E-state index contributed by atoms with van der Waals surface area (Å²) in [5.74, 6) is 3.52. The van der Waals surface area contributed by atoms with Crippen LogP contribution in [0.1, 0.15) is 102 Å². The van der Waals surface area contributed by atoms with Gasteiger partial charge in [-0.2, -0.15) is 0 Å². The molecule has 0 saturated heterocycles. The van der Waals surface area contributed by atoms with Crippen molar-refractivity contribution in [2.45, 2.75) is 96.3 Å². The van der Waals surface area contributed by atoms with E-state index in [2.05, 4.69) is 19.1 Å². The minimum Gasteiger partial charge on any atom is -0.207 e. The first-order valence-electron chi connectivity index (χ1n) is 11.6. The van der Waals surface area contributed by atoms with Crippen LogP contribution in [-0.4, -0.2) is 0 Å². The summed E-state index contributed by atoms with van der Waals surface area (Å²) in [4.78, 5) is 0. The van der Waals surface area contributed by atoms with Crippen molar-refractivity contribution in [2.75, 3.05) is 0 Å². The molecule has 1 aromatic carbocycles. The summed E-state index contributed by atoms with van der Waals surface area (Å²) in [6.07, 6.45) is 22.8. The molecule has 1 aromatic rings. The molecule has 0 radical (unpaired) electrons. The molecule has 3 rings (SSSR count). The molecule has 0 aromatic heterocycles. The average molecular weight is 371 g/mol. The van der Waals surface area contributed by atoms with Gasteiger partial charge in [-0.15, -0.1) is 0 Å². The molecule has 27 heavy (non-hydrogen) atoms. The molecule has 0 spiro atoms. The third kappa shape index (κ3) is 6.77. The lowest BCUT2D eigenvalue weighted by atomic mass is 9.74. The lowest BCUT2D eigenvalue weighted by Gasteiger charge is -2.32. The molecular formula is C26H39F. The van der Waals surface area contributed by atoms with Gasteiger partial charge in [0.25, 0.3) is 0 Å². The predicted octanol–water partition coefficient (Wildman–Crippen LogP) is 8.43. The van der Waals surface area contributed by atoms with Crippen LogP contribution in [-0.2, 0) is 0 Å². The normalized spacial score (nSPS) is 29.3. The van der Waals surface area contributed by atoms with Gasteiger partial charge in [-0.3, -0.25) is 0 Å². The minimum atomic E-state index is -0.111. The number of hydrogen-bond donors (Lipinski definition) is 0. The highest BCUT2D eigenvalue weighted by Gasteiger charge is 2.25. The topological polar surface area (TPSA) is 0 Å². The summed E-state index contributed by atoms with van der Waals surface area (Å²) < 4.78 is 13.1. The molecule has 150 valence electrons. The van der Waals surface area contributed by atoms with Crippen molar-refractivity contribution >= 4 is 0 Å². The van der Waals surface area contributed by atoms with Crippen LogP contribution in [0.5, 0.6) is 0 Å². The molecule has 0 aliphatic heterocycles. The second-order valence-corrected chi connectivity index (χ2v) is 9.23. The van der Waals surface area contributed by atoms with E-state index in [9.17, 15) is 4.39 Å². The van der Waals surface area contributed by atoms with Gasteiger partial charge in [-0.05, 0) is 86.8 Å². The van der Waals surface area contributed by atoms with E-state index in [1.54, 1.807) is 12.1 Å². The van der Waals surface area contributed by atoms with Crippen LogP contribution in [0.15, 0.2) is 36.4 Å². The quantitative estimate of drug-likeness (QED) is 0.318. The molecule has 0 unspecified atom stereocenters. The Bertz CT molecular complexity index is 542. The Hall–Kier alpha value is -1.11. The maximum Gasteiger partial charge on any atom is 0.123 e. The first-order valence-corrected chi connectivity index (χ1v) is 11.6. The molecule has 0 nitrogen and oxygen atoms in total. The summed E-state index contributed by atoms with van der Waals surface area (Å²) in [5, 5.41) is 0. The Morgan fingerprint density at radius 3 is 1.85 bits per heavy atom. The number of unbranched alkanes of at least 4 members (excludes halogenated alkanes) is 1. The fourth-order valence-corrected chi connectivity index (χ4v) is 5.49. The number of benzene rings is 1.